The Bertz CT molecular complexity index is 530. The second-order valence-corrected chi connectivity index (χ2v) is 7.03. The van der Waals surface area contributed by atoms with Crippen molar-refractivity contribution in [3.05, 3.63) is 35.1 Å². The lowest BCUT2D eigenvalue weighted by molar-refractivity contribution is 0.241. The lowest BCUT2D eigenvalue weighted by Crippen LogP contribution is -2.44. The first-order valence-electron chi connectivity index (χ1n) is 8.15. The van der Waals surface area contributed by atoms with Gasteiger partial charge in [-0.2, -0.15) is 0 Å². The molecule has 0 atom stereocenters. The van der Waals surface area contributed by atoms with Gasteiger partial charge >= 0.3 is 0 Å². The summed E-state index contributed by atoms with van der Waals surface area (Å²) in [5.41, 5.74) is 1.67. The zero-order valence-electron chi connectivity index (χ0n) is 15.7. The van der Waals surface area contributed by atoms with Crippen LogP contribution >= 0.6 is 24.0 Å². The maximum atomic E-state index is 13.6. The molecule has 0 bridgehead atoms. The van der Waals surface area contributed by atoms with Crippen LogP contribution < -0.4 is 10.6 Å². The minimum Gasteiger partial charge on any atom is -0.357 e. The first kappa shape index (κ1) is 23.1. The third-order valence-electron chi connectivity index (χ3n) is 3.48. The van der Waals surface area contributed by atoms with E-state index in [9.17, 15) is 4.39 Å². The summed E-state index contributed by atoms with van der Waals surface area (Å²) < 4.78 is 13.6. The molecule has 24 heavy (non-hydrogen) atoms. The van der Waals surface area contributed by atoms with Gasteiger partial charge in [0.25, 0.3) is 0 Å². The van der Waals surface area contributed by atoms with E-state index in [0.29, 0.717) is 12.1 Å². The molecule has 138 valence electrons. The molecule has 1 aromatic rings. The zero-order valence-corrected chi connectivity index (χ0v) is 18.1. The molecule has 0 saturated carbocycles. The molecule has 0 aliphatic carbocycles. The van der Waals surface area contributed by atoms with E-state index in [-0.39, 0.29) is 35.2 Å². The summed E-state index contributed by atoms with van der Waals surface area (Å²) in [4.78, 5) is 6.73. The van der Waals surface area contributed by atoms with Crippen molar-refractivity contribution in [2.45, 2.75) is 34.2 Å². The minimum absolute atomic E-state index is 0. The highest BCUT2D eigenvalue weighted by Crippen LogP contribution is 2.14. The summed E-state index contributed by atoms with van der Waals surface area (Å²) in [5, 5.41) is 6.62. The van der Waals surface area contributed by atoms with Gasteiger partial charge in [-0.1, -0.05) is 26.0 Å². The molecule has 2 N–H and O–H groups in total. The highest BCUT2D eigenvalue weighted by molar-refractivity contribution is 14.0. The lowest BCUT2D eigenvalue weighted by atomic mass is 9.93. The molecular weight excluding hydrogens is 418 g/mol. The Balaban J connectivity index is 0.00000529. The van der Waals surface area contributed by atoms with Gasteiger partial charge < -0.3 is 15.5 Å². The predicted octanol–water partition coefficient (Wildman–Crippen LogP) is 3.40. The maximum Gasteiger partial charge on any atom is 0.191 e. The predicted molar refractivity (Wildman–Crippen MR) is 112 cm³/mol. The molecule has 0 unspecified atom stereocenters. The fraction of sp³-hybridized carbons (Fsp3) is 0.611. The quantitative estimate of drug-likeness (QED) is 0.380. The summed E-state index contributed by atoms with van der Waals surface area (Å²) in [6.45, 7) is 11.3. The third kappa shape index (κ3) is 8.82. The van der Waals surface area contributed by atoms with Gasteiger partial charge in [0.15, 0.2) is 5.96 Å². The van der Waals surface area contributed by atoms with Gasteiger partial charge in [-0.15, -0.1) is 24.0 Å². The van der Waals surface area contributed by atoms with E-state index >= 15 is 0 Å². The van der Waals surface area contributed by atoms with Crippen molar-refractivity contribution in [1.82, 2.24) is 15.5 Å². The molecule has 0 heterocycles. The van der Waals surface area contributed by atoms with E-state index in [1.807, 2.05) is 13.0 Å². The fourth-order valence-corrected chi connectivity index (χ4v) is 2.48. The van der Waals surface area contributed by atoms with Crippen molar-refractivity contribution in [2.24, 2.45) is 10.4 Å². The first-order valence-corrected chi connectivity index (χ1v) is 8.15. The van der Waals surface area contributed by atoms with Gasteiger partial charge in [0.05, 0.1) is 6.54 Å². The summed E-state index contributed by atoms with van der Waals surface area (Å²) in [5.74, 6) is 0.586. The molecular formula is C18H32FIN4. The Labute approximate surface area is 163 Å². The summed E-state index contributed by atoms with van der Waals surface area (Å²) in [7, 11) is 4.15. The van der Waals surface area contributed by atoms with E-state index in [2.05, 4.69) is 48.5 Å². The summed E-state index contributed by atoms with van der Waals surface area (Å²) in [6, 6.07) is 5.26. The van der Waals surface area contributed by atoms with Crippen LogP contribution in [0.15, 0.2) is 23.2 Å². The highest BCUT2D eigenvalue weighted by atomic mass is 127. The number of hydrogen-bond donors (Lipinski definition) is 2. The van der Waals surface area contributed by atoms with Crippen LogP contribution in [0.3, 0.4) is 0 Å². The van der Waals surface area contributed by atoms with Crippen molar-refractivity contribution in [1.29, 1.82) is 0 Å². The monoisotopic (exact) mass is 450 g/mol. The van der Waals surface area contributed by atoms with Crippen molar-refractivity contribution in [3.63, 3.8) is 0 Å². The fourth-order valence-electron chi connectivity index (χ4n) is 2.48. The zero-order chi connectivity index (χ0) is 17.5. The minimum atomic E-state index is -0.178. The Morgan fingerprint density at radius 1 is 1.25 bits per heavy atom. The molecule has 0 fully saturated rings. The van der Waals surface area contributed by atoms with E-state index in [1.165, 1.54) is 0 Å². The molecule has 0 saturated heterocycles. The molecule has 0 radical (unpaired) electrons. The SMILES string of the molecule is CCNC(=NCc1ccc(C)c(F)c1)NCC(C)(C)CN(C)C.I. The molecule has 1 aromatic carbocycles. The number of aryl methyl sites for hydroxylation is 1. The van der Waals surface area contributed by atoms with E-state index < -0.39 is 0 Å². The van der Waals surface area contributed by atoms with E-state index in [0.717, 1.165) is 31.2 Å². The number of nitrogens with zero attached hydrogens (tertiary/aromatic N) is 2. The largest absolute Gasteiger partial charge is 0.357 e. The summed E-state index contributed by atoms with van der Waals surface area (Å²) >= 11 is 0. The number of rotatable bonds is 7. The van der Waals surface area contributed by atoms with E-state index in [4.69, 9.17) is 0 Å². The first-order chi connectivity index (χ1) is 10.7. The highest BCUT2D eigenvalue weighted by Gasteiger charge is 2.19. The van der Waals surface area contributed by atoms with Crippen molar-refractivity contribution in [2.75, 3.05) is 33.7 Å². The van der Waals surface area contributed by atoms with Gasteiger partial charge in [0.1, 0.15) is 5.82 Å². The number of nitrogens with one attached hydrogen (secondary N) is 2. The number of guanidine groups is 1. The van der Waals surface area contributed by atoms with Crippen molar-refractivity contribution >= 4 is 29.9 Å². The van der Waals surface area contributed by atoms with Gasteiger partial charge in [-0.25, -0.2) is 9.38 Å². The number of hydrogen-bond acceptors (Lipinski definition) is 2. The Kier molecular flexibility index (Phi) is 10.5. The number of halogens is 2. The second kappa shape index (κ2) is 10.9. The van der Waals surface area contributed by atoms with Crippen LogP contribution in [0.4, 0.5) is 4.39 Å². The lowest BCUT2D eigenvalue weighted by Gasteiger charge is -2.29. The molecule has 0 amide bonds. The van der Waals surface area contributed by atoms with Gasteiger partial charge in [-0.3, -0.25) is 0 Å². The van der Waals surface area contributed by atoms with Crippen LogP contribution in [0.2, 0.25) is 0 Å². The van der Waals surface area contributed by atoms with Crippen LogP contribution in [-0.4, -0.2) is 44.6 Å². The van der Waals surface area contributed by atoms with Crippen molar-refractivity contribution in [3.8, 4) is 0 Å². The Morgan fingerprint density at radius 2 is 1.92 bits per heavy atom. The van der Waals surface area contributed by atoms with Crippen LogP contribution in [0, 0.1) is 18.2 Å². The molecule has 0 aromatic heterocycles. The maximum absolute atomic E-state index is 13.6. The second-order valence-electron chi connectivity index (χ2n) is 7.03. The van der Waals surface area contributed by atoms with Gasteiger partial charge in [0.2, 0.25) is 0 Å². The van der Waals surface area contributed by atoms with Crippen molar-refractivity contribution < 1.29 is 4.39 Å². The van der Waals surface area contributed by atoms with Crippen LogP contribution in [-0.2, 0) is 6.54 Å². The topological polar surface area (TPSA) is 39.7 Å². The number of benzene rings is 1. The van der Waals surface area contributed by atoms with Gasteiger partial charge in [-0.05, 0) is 50.6 Å². The molecule has 4 nitrogen and oxygen atoms in total. The smallest absolute Gasteiger partial charge is 0.191 e. The van der Waals surface area contributed by atoms with Crippen LogP contribution in [0.5, 0.6) is 0 Å². The Morgan fingerprint density at radius 3 is 2.46 bits per heavy atom. The number of aliphatic imine (C=N–C) groups is 1. The molecule has 0 aliphatic rings. The molecule has 6 heteroatoms. The summed E-state index contributed by atoms with van der Waals surface area (Å²) in [6.07, 6.45) is 0. The van der Waals surface area contributed by atoms with Crippen LogP contribution in [0.25, 0.3) is 0 Å². The third-order valence-corrected chi connectivity index (χ3v) is 3.48. The average molecular weight is 450 g/mol. The standard InChI is InChI=1S/C18H31FN4.HI/c1-7-20-17(22-12-18(3,4)13-23(5)6)21-11-15-9-8-14(2)16(19)10-15;/h8-10H,7,11-13H2,1-6H3,(H2,20,21,22);1H. The normalized spacial score (nSPS) is 12.1. The average Bonchev–Trinajstić information content (AvgIpc) is 2.44. The molecule has 0 spiro atoms. The van der Waals surface area contributed by atoms with Crippen LogP contribution in [0.1, 0.15) is 31.9 Å². The molecule has 0 aliphatic heterocycles. The van der Waals surface area contributed by atoms with Gasteiger partial charge in [0, 0.05) is 19.6 Å². The Hall–Kier alpha value is -0.890. The van der Waals surface area contributed by atoms with E-state index in [1.54, 1.807) is 19.1 Å². The molecule has 1 rings (SSSR count).